The molecule has 1 aromatic carbocycles. The topological polar surface area (TPSA) is 55.6 Å². The summed E-state index contributed by atoms with van der Waals surface area (Å²) in [6.45, 7) is 0. The summed E-state index contributed by atoms with van der Waals surface area (Å²) in [6, 6.07) is 8.26. The van der Waals surface area contributed by atoms with Crippen molar-refractivity contribution in [2.75, 3.05) is 7.11 Å². The van der Waals surface area contributed by atoms with Crippen molar-refractivity contribution < 1.29 is 9.53 Å². The van der Waals surface area contributed by atoms with Crippen molar-refractivity contribution in [3.05, 3.63) is 42.4 Å². The van der Waals surface area contributed by atoms with Gasteiger partial charge in [0, 0.05) is 18.4 Å². The molecule has 5 nitrogen and oxygen atoms in total. The van der Waals surface area contributed by atoms with E-state index in [1.165, 1.54) is 0 Å². The molecule has 0 saturated heterocycles. The van der Waals surface area contributed by atoms with Gasteiger partial charge in [0.25, 0.3) is 5.91 Å². The largest absolute Gasteiger partial charge is 0.497 e. The van der Waals surface area contributed by atoms with Gasteiger partial charge in [0.15, 0.2) is 4.96 Å². The lowest BCUT2D eigenvalue weighted by atomic mass is 10.2. The molecule has 0 atom stereocenters. The first-order valence-corrected chi connectivity index (χ1v) is 7.98. The van der Waals surface area contributed by atoms with Crippen molar-refractivity contribution in [1.82, 2.24) is 14.7 Å². The van der Waals surface area contributed by atoms with Crippen molar-refractivity contribution in [1.29, 1.82) is 0 Å². The van der Waals surface area contributed by atoms with E-state index in [1.807, 2.05) is 34.9 Å². The molecule has 112 valence electrons. The highest BCUT2D eigenvalue weighted by molar-refractivity contribution is 7.20. The van der Waals surface area contributed by atoms with Gasteiger partial charge in [-0.3, -0.25) is 9.20 Å². The number of carbonyl (C=O) groups is 1. The lowest BCUT2D eigenvalue weighted by Crippen LogP contribution is -2.25. The first-order chi connectivity index (χ1) is 10.7. The van der Waals surface area contributed by atoms with Crippen LogP contribution in [0.25, 0.3) is 15.4 Å². The Bertz CT molecular complexity index is 817. The average Bonchev–Trinajstić information content (AvgIpc) is 3.11. The molecule has 2 heterocycles. The lowest BCUT2D eigenvalue weighted by Gasteiger charge is -2.01. The number of hydrogen-bond donors (Lipinski definition) is 1. The molecule has 0 spiro atoms. The Morgan fingerprint density at radius 3 is 3.00 bits per heavy atom. The molecule has 6 heteroatoms. The third kappa shape index (κ3) is 2.46. The molecule has 0 unspecified atom stereocenters. The second kappa shape index (κ2) is 5.14. The summed E-state index contributed by atoms with van der Waals surface area (Å²) < 4.78 is 7.16. The molecule has 1 amide bonds. The maximum absolute atomic E-state index is 12.0. The number of methoxy groups -OCH3 is 1. The SMILES string of the molecule is COc1cccc(-c2cn3cc(C(=O)NC4CC4)nc3s2)c1. The Kier molecular flexibility index (Phi) is 3.11. The zero-order valence-corrected chi connectivity index (χ0v) is 12.9. The van der Waals surface area contributed by atoms with E-state index in [9.17, 15) is 4.79 Å². The molecule has 1 N–H and O–H groups in total. The van der Waals surface area contributed by atoms with E-state index in [2.05, 4.69) is 10.3 Å². The molecule has 1 saturated carbocycles. The van der Waals surface area contributed by atoms with Gasteiger partial charge in [-0.15, -0.1) is 0 Å². The quantitative estimate of drug-likeness (QED) is 0.805. The van der Waals surface area contributed by atoms with Gasteiger partial charge in [-0.2, -0.15) is 0 Å². The predicted octanol–water partition coefficient (Wildman–Crippen LogP) is 2.96. The molecule has 4 rings (SSSR count). The van der Waals surface area contributed by atoms with Gasteiger partial charge in [0.2, 0.25) is 0 Å². The van der Waals surface area contributed by atoms with Gasteiger partial charge in [-0.25, -0.2) is 4.98 Å². The monoisotopic (exact) mass is 313 g/mol. The first kappa shape index (κ1) is 13.3. The molecule has 0 aliphatic heterocycles. The molecule has 1 aliphatic carbocycles. The zero-order valence-electron chi connectivity index (χ0n) is 12.1. The normalized spacial score (nSPS) is 14.2. The number of nitrogens with zero attached hydrogens (tertiary/aromatic N) is 2. The molecular formula is C16H15N3O2S. The van der Waals surface area contributed by atoms with Crippen molar-refractivity contribution in [2.45, 2.75) is 18.9 Å². The highest BCUT2D eigenvalue weighted by atomic mass is 32.1. The predicted molar refractivity (Wildman–Crippen MR) is 85.5 cm³/mol. The highest BCUT2D eigenvalue weighted by Crippen LogP contribution is 2.30. The number of amides is 1. The van der Waals surface area contributed by atoms with Crippen LogP contribution in [0.15, 0.2) is 36.7 Å². The highest BCUT2D eigenvalue weighted by Gasteiger charge is 2.25. The number of fused-ring (bicyclic) bond motifs is 1. The lowest BCUT2D eigenvalue weighted by molar-refractivity contribution is 0.0946. The van der Waals surface area contributed by atoms with Gasteiger partial charge in [-0.1, -0.05) is 23.5 Å². The van der Waals surface area contributed by atoms with Crippen LogP contribution in [0.4, 0.5) is 0 Å². The third-order valence-corrected chi connectivity index (χ3v) is 4.70. The molecule has 22 heavy (non-hydrogen) atoms. The number of imidazole rings is 1. The van der Waals surface area contributed by atoms with Gasteiger partial charge in [0.05, 0.1) is 12.0 Å². The minimum absolute atomic E-state index is 0.0821. The third-order valence-electron chi connectivity index (χ3n) is 3.66. The standard InChI is InChI=1S/C16H15N3O2S/c1-21-12-4-2-3-10(7-12)14-9-19-8-13(18-16(19)22-14)15(20)17-11-5-6-11/h2-4,7-9,11H,5-6H2,1H3,(H,17,20). The van der Waals surface area contributed by atoms with Crippen LogP contribution in [0.3, 0.4) is 0 Å². The molecule has 0 bridgehead atoms. The van der Waals surface area contributed by atoms with Crippen LogP contribution in [0.5, 0.6) is 5.75 Å². The van der Waals surface area contributed by atoms with Gasteiger partial charge < -0.3 is 10.1 Å². The molecule has 3 aromatic rings. The Hall–Kier alpha value is -2.34. The van der Waals surface area contributed by atoms with E-state index in [4.69, 9.17) is 4.74 Å². The fourth-order valence-corrected chi connectivity index (χ4v) is 3.26. The first-order valence-electron chi connectivity index (χ1n) is 7.17. The second-order valence-electron chi connectivity index (χ2n) is 5.39. The summed E-state index contributed by atoms with van der Waals surface area (Å²) in [5.41, 5.74) is 1.56. The van der Waals surface area contributed by atoms with E-state index in [-0.39, 0.29) is 5.91 Å². The van der Waals surface area contributed by atoms with E-state index in [0.29, 0.717) is 11.7 Å². The number of benzene rings is 1. The van der Waals surface area contributed by atoms with E-state index < -0.39 is 0 Å². The molecule has 1 fully saturated rings. The van der Waals surface area contributed by atoms with Crippen molar-refractivity contribution in [3.8, 4) is 16.2 Å². The Morgan fingerprint density at radius 1 is 1.41 bits per heavy atom. The summed E-state index contributed by atoms with van der Waals surface area (Å²) in [7, 11) is 1.66. The Balaban J connectivity index is 1.63. The number of hydrogen-bond acceptors (Lipinski definition) is 4. The maximum atomic E-state index is 12.0. The second-order valence-corrected chi connectivity index (χ2v) is 6.40. The van der Waals surface area contributed by atoms with Crippen molar-refractivity contribution in [3.63, 3.8) is 0 Å². The maximum Gasteiger partial charge on any atom is 0.271 e. The van der Waals surface area contributed by atoms with E-state index in [1.54, 1.807) is 24.6 Å². The summed E-state index contributed by atoms with van der Waals surface area (Å²) in [6.07, 6.45) is 5.94. The van der Waals surface area contributed by atoms with Crippen LogP contribution in [-0.2, 0) is 0 Å². The number of nitrogens with one attached hydrogen (secondary N) is 1. The van der Waals surface area contributed by atoms with Crippen LogP contribution in [-0.4, -0.2) is 28.4 Å². The number of carbonyl (C=O) groups excluding carboxylic acids is 1. The van der Waals surface area contributed by atoms with Crippen molar-refractivity contribution >= 4 is 22.2 Å². The number of rotatable bonds is 4. The summed E-state index contributed by atoms with van der Waals surface area (Å²) in [5, 5.41) is 2.96. The van der Waals surface area contributed by atoms with Gasteiger partial charge in [-0.05, 0) is 30.5 Å². The fraction of sp³-hybridized carbons (Fsp3) is 0.250. The van der Waals surface area contributed by atoms with Crippen LogP contribution < -0.4 is 10.1 Å². The van der Waals surface area contributed by atoms with E-state index in [0.717, 1.165) is 34.0 Å². The molecule has 2 aromatic heterocycles. The van der Waals surface area contributed by atoms with Crippen LogP contribution in [0.1, 0.15) is 23.3 Å². The average molecular weight is 313 g/mol. The fourth-order valence-electron chi connectivity index (χ4n) is 2.30. The van der Waals surface area contributed by atoms with E-state index >= 15 is 0 Å². The Labute approximate surface area is 131 Å². The molecule has 0 radical (unpaired) electrons. The minimum atomic E-state index is -0.0821. The zero-order chi connectivity index (χ0) is 15.1. The minimum Gasteiger partial charge on any atom is -0.497 e. The molecular weight excluding hydrogens is 298 g/mol. The number of ether oxygens (including phenoxy) is 1. The Morgan fingerprint density at radius 2 is 2.27 bits per heavy atom. The number of thiazole rings is 1. The van der Waals surface area contributed by atoms with Crippen LogP contribution in [0, 0.1) is 0 Å². The van der Waals surface area contributed by atoms with Crippen molar-refractivity contribution in [2.24, 2.45) is 0 Å². The number of aromatic nitrogens is 2. The van der Waals surface area contributed by atoms with Crippen LogP contribution in [0.2, 0.25) is 0 Å². The summed E-state index contributed by atoms with van der Waals surface area (Å²) in [4.78, 5) is 18.3. The smallest absolute Gasteiger partial charge is 0.271 e. The van der Waals surface area contributed by atoms with Crippen LogP contribution >= 0.6 is 11.3 Å². The molecule has 1 aliphatic rings. The summed E-state index contributed by atoms with van der Waals surface area (Å²) in [5.74, 6) is 0.745. The van der Waals surface area contributed by atoms with Gasteiger partial charge in [0.1, 0.15) is 11.4 Å². The van der Waals surface area contributed by atoms with Gasteiger partial charge >= 0.3 is 0 Å². The summed E-state index contributed by atoms with van der Waals surface area (Å²) >= 11 is 1.56.